The lowest BCUT2D eigenvalue weighted by atomic mass is 9.88. The number of carbonyl (C=O) groups excluding carboxylic acids is 2. The highest BCUT2D eigenvalue weighted by molar-refractivity contribution is 6.43. The smallest absolute Gasteiger partial charge is 0.253 e. The van der Waals surface area contributed by atoms with Gasteiger partial charge in [0.15, 0.2) is 0 Å². The third-order valence-corrected chi connectivity index (χ3v) is 5.72. The van der Waals surface area contributed by atoms with Gasteiger partial charge < -0.3 is 9.73 Å². The van der Waals surface area contributed by atoms with Crippen molar-refractivity contribution in [1.82, 2.24) is 10.7 Å². The summed E-state index contributed by atoms with van der Waals surface area (Å²) in [5.74, 6) is -0.935. The lowest BCUT2D eigenvalue weighted by Gasteiger charge is -2.15. The number of furan rings is 1. The molecule has 1 aromatic heterocycles. The number of nitrogens with zero attached hydrogens (tertiary/aromatic N) is 1. The second-order valence-corrected chi connectivity index (χ2v) is 7.56. The van der Waals surface area contributed by atoms with Gasteiger partial charge in [0.1, 0.15) is 17.4 Å². The van der Waals surface area contributed by atoms with Gasteiger partial charge in [-0.3, -0.25) is 9.59 Å². The third-order valence-electron chi connectivity index (χ3n) is 4.90. The Labute approximate surface area is 182 Å². The number of halogens is 2. The van der Waals surface area contributed by atoms with E-state index >= 15 is 0 Å². The minimum absolute atomic E-state index is 0.242. The summed E-state index contributed by atoms with van der Waals surface area (Å²) in [5, 5.41) is 7.50. The maximum absolute atomic E-state index is 12.6. The zero-order chi connectivity index (χ0) is 21.1. The number of rotatable bonds is 5. The molecular formula is C22H17Cl2N3O3. The van der Waals surface area contributed by atoms with Gasteiger partial charge in [0.2, 0.25) is 5.91 Å². The SMILES string of the molecule is O=C1NCC(c2ccccc2)C1C(=O)NN=Cc1ccc(-c2cccc(Cl)c2Cl)o1. The maximum Gasteiger partial charge on any atom is 0.253 e. The molecule has 1 fully saturated rings. The summed E-state index contributed by atoms with van der Waals surface area (Å²) in [6.07, 6.45) is 1.37. The summed E-state index contributed by atoms with van der Waals surface area (Å²) in [5.41, 5.74) is 4.01. The molecule has 6 nitrogen and oxygen atoms in total. The van der Waals surface area contributed by atoms with Gasteiger partial charge in [0, 0.05) is 18.0 Å². The second-order valence-electron chi connectivity index (χ2n) is 6.78. The predicted molar refractivity (Wildman–Crippen MR) is 116 cm³/mol. The zero-order valence-corrected chi connectivity index (χ0v) is 17.2. The van der Waals surface area contributed by atoms with Crippen LogP contribution in [0.1, 0.15) is 17.2 Å². The van der Waals surface area contributed by atoms with Crippen LogP contribution in [0.25, 0.3) is 11.3 Å². The predicted octanol–water partition coefficient (Wildman–Crippen LogP) is 4.23. The number of hydrogen-bond donors (Lipinski definition) is 2. The Morgan fingerprint density at radius 2 is 1.90 bits per heavy atom. The van der Waals surface area contributed by atoms with Crippen LogP contribution in [-0.4, -0.2) is 24.6 Å². The first-order chi connectivity index (χ1) is 14.5. The van der Waals surface area contributed by atoms with E-state index in [0.29, 0.717) is 33.7 Å². The van der Waals surface area contributed by atoms with Crippen molar-refractivity contribution in [1.29, 1.82) is 0 Å². The highest BCUT2D eigenvalue weighted by Crippen LogP contribution is 2.34. The Morgan fingerprint density at radius 3 is 2.70 bits per heavy atom. The largest absolute Gasteiger partial charge is 0.455 e. The van der Waals surface area contributed by atoms with Crippen LogP contribution in [0.15, 0.2) is 70.2 Å². The number of amides is 2. The molecule has 30 heavy (non-hydrogen) atoms. The normalized spacial score (nSPS) is 18.5. The zero-order valence-electron chi connectivity index (χ0n) is 15.6. The van der Waals surface area contributed by atoms with Crippen molar-refractivity contribution in [2.45, 2.75) is 5.92 Å². The number of nitrogens with one attached hydrogen (secondary N) is 2. The maximum atomic E-state index is 12.6. The van der Waals surface area contributed by atoms with Gasteiger partial charge in [0.25, 0.3) is 5.91 Å². The van der Waals surface area contributed by atoms with Crippen LogP contribution in [0.3, 0.4) is 0 Å². The number of carbonyl (C=O) groups is 2. The molecule has 0 saturated carbocycles. The first-order valence-corrected chi connectivity index (χ1v) is 10.00. The molecule has 3 aromatic rings. The lowest BCUT2D eigenvalue weighted by Crippen LogP contribution is -2.34. The number of hydrogen-bond acceptors (Lipinski definition) is 4. The molecule has 1 aliphatic rings. The molecule has 2 unspecified atom stereocenters. The Bertz CT molecular complexity index is 1110. The summed E-state index contributed by atoms with van der Waals surface area (Å²) in [4.78, 5) is 24.8. The van der Waals surface area contributed by atoms with Crippen molar-refractivity contribution in [2.24, 2.45) is 11.0 Å². The quantitative estimate of drug-likeness (QED) is 0.352. The van der Waals surface area contributed by atoms with E-state index in [4.69, 9.17) is 27.6 Å². The molecule has 0 bridgehead atoms. The molecule has 4 rings (SSSR count). The van der Waals surface area contributed by atoms with Crippen LogP contribution in [0, 0.1) is 5.92 Å². The Morgan fingerprint density at radius 1 is 1.10 bits per heavy atom. The molecule has 0 aliphatic carbocycles. The highest BCUT2D eigenvalue weighted by Gasteiger charge is 2.40. The van der Waals surface area contributed by atoms with E-state index in [-0.39, 0.29) is 11.8 Å². The van der Waals surface area contributed by atoms with Crippen molar-refractivity contribution >= 4 is 41.2 Å². The summed E-state index contributed by atoms with van der Waals surface area (Å²) >= 11 is 12.3. The molecule has 2 heterocycles. The van der Waals surface area contributed by atoms with Gasteiger partial charge in [-0.05, 0) is 29.8 Å². The highest BCUT2D eigenvalue weighted by atomic mass is 35.5. The standard InChI is InChI=1S/C22H17Cl2N3O3/c23-17-8-4-7-15(20(17)24)18-10-9-14(30-18)11-26-27-22(29)19-16(12-25-21(19)28)13-5-2-1-3-6-13/h1-11,16,19H,12H2,(H,25,28)(H,27,29). The molecule has 1 aliphatic heterocycles. The molecule has 1 saturated heterocycles. The van der Waals surface area contributed by atoms with Crippen molar-refractivity contribution in [3.63, 3.8) is 0 Å². The molecule has 0 radical (unpaired) electrons. The molecule has 152 valence electrons. The van der Waals surface area contributed by atoms with Crippen LogP contribution >= 0.6 is 23.2 Å². The van der Waals surface area contributed by atoms with Crippen LogP contribution in [-0.2, 0) is 9.59 Å². The molecule has 2 atom stereocenters. The topological polar surface area (TPSA) is 83.7 Å². The van der Waals surface area contributed by atoms with Crippen LogP contribution in [0.2, 0.25) is 10.0 Å². The average molecular weight is 442 g/mol. The van der Waals surface area contributed by atoms with Crippen molar-refractivity contribution in [2.75, 3.05) is 6.54 Å². The van der Waals surface area contributed by atoms with Gasteiger partial charge in [-0.1, -0.05) is 59.6 Å². The van der Waals surface area contributed by atoms with E-state index in [2.05, 4.69) is 15.8 Å². The van der Waals surface area contributed by atoms with Crippen molar-refractivity contribution < 1.29 is 14.0 Å². The molecule has 2 aromatic carbocycles. The first kappa shape index (κ1) is 20.2. The Kier molecular flexibility index (Phi) is 5.88. The summed E-state index contributed by atoms with van der Waals surface area (Å²) in [6, 6.07) is 18.1. The monoisotopic (exact) mass is 441 g/mol. The van der Waals surface area contributed by atoms with E-state index in [9.17, 15) is 9.59 Å². The summed E-state index contributed by atoms with van der Waals surface area (Å²) < 4.78 is 5.70. The van der Waals surface area contributed by atoms with Gasteiger partial charge in [-0.15, -0.1) is 0 Å². The Hall–Kier alpha value is -3.09. The van der Waals surface area contributed by atoms with E-state index in [0.717, 1.165) is 5.56 Å². The Balaban J connectivity index is 1.44. The van der Waals surface area contributed by atoms with Gasteiger partial charge in [-0.25, -0.2) is 5.43 Å². The average Bonchev–Trinajstić information content (AvgIpc) is 3.37. The van der Waals surface area contributed by atoms with Crippen LogP contribution < -0.4 is 10.7 Å². The van der Waals surface area contributed by atoms with Gasteiger partial charge >= 0.3 is 0 Å². The fourth-order valence-electron chi connectivity index (χ4n) is 3.42. The molecule has 8 heteroatoms. The molecule has 2 N–H and O–H groups in total. The second kappa shape index (κ2) is 8.73. The van der Waals surface area contributed by atoms with E-state index in [1.165, 1.54) is 6.21 Å². The fraction of sp³-hybridized carbons (Fsp3) is 0.136. The summed E-state index contributed by atoms with van der Waals surface area (Å²) in [6.45, 7) is 0.409. The van der Waals surface area contributed by atoms with Crippen molar-refractivity contribution in [3.8, 4) is 11.3 Å². The van der Waals surface area contributed by atoms with Gasteiger partial charge in [0.05, 0.1) is 16.3 Å². The van der Waals surface area contributed by atoms with Crippen LogP contribution in [0.4, 0.5) is 0 Å². The molecule has 0 spiro atoms. The minimum Gasteiger partial charge on any atom is -0.455 e. The molecular weight excluding hydrogens is 425 g/mol. The third kappa shape index (κ3) is 4.10. The number of benzene rings is 2. The fourth-order valence-corrected chi connectivity index (χ4v) is 3.82. The minimum atomic E-state index is -0.845. The van der Waals surface area contributed by atoms with Crippen LogP contribution in [0.5, 0.6) is 0 Å². The lowest BCUT2D eigenvalue weighted by molar-refractivity contribution is -0.133. The number of hydrazone groups is 1. The van der Waals surface area contributed by atoms with Gasteiger partial charge in [-0.2, -0.15) is 5.10 Å². The summed E-state index contributed by atoms with van der Waals surface area (Å²) in [7, 11) is 0. The van der Waals surface area contributed by atoms with E-state index in [1.54, 1.807) is 30.3 Å². The van der Waals surface area contributed by atoms with E-state index < -0.39 is 11.8 Å². The van der Waals surface area contributed by atoms with E-state index in [1.807, 2.05) is 30.3 Å². The molecule has 2 amide bonds. The first-order valence-electron chi connectivity index (χ1n) is 9.24. The van der Waals surface area contributed by atoms with Crippen molar-refractivity contribution in [3.05, 3.63) is 82.0 Å².